The van der Waals surface area contributed by atoms with Gasteiger partial charge in [-0.3, -0.25) is 0 Å². The van der Waals surface area contributed by atoms with Gasteiger partial charge < -0.3 is 9.38 Å². The average Bonchev–Trinajstić information content (AvgIpc) is 3.89. The predicted molar refractivity (Wildman–Crippen MR) is 283 cm³/mol. The first-order chi connectivity index (χ1) is 30.8. The zero-order valence-electron chi connectivity index (χ0n) is 40.3. The van der Waals surface area contributed by atoms with Crippen LogP contribution in [0.15, 0.2) is 115 Å². The molecule has 0 N–H and O–H groups in total. The molecule has 2 nitrogen and oxygen atoms in total. The number of thiophene rings is 1. The second-order valence-corrected chi connectivity index (χ2v) is 25.1. The van der Waals surface area contributed by atoms with E-state index in [1.165, 1.54) is 138 Å². The summed E-state index contributed by atoms with van der Waals surface area (Å²) in [5.41, 5.74) is 23.6. The van der Waals surface area contributed by atoms with Crippen molar-refractivity contribution in [1.82, 2.24) is 4.57 Å². The molecular weight excluding hydrogens is 804 g/mol. The van der Waals surface area contributed by atoms with Crippen LogP contribution in [0.25, 0.3) is 69.9 Å². The molecule has 0 saturated heterocycles. The maximum atomic E-state index is 2.79. The SMILES string of the molecule is CC(C)(C)c1ccc(N2B3c4cc5c(cc4-n4c6ccc(C(C)(C)C)cc6c6c7c(sc8ccccc87)c(c3c64)-c3cc4c(cc32)C(C)(C)CCC4(C)C)-c2ccccc2C5(C)C)cc1. The van der Waals surface area contributed by atoms with E-state index in [-0.39, 0.29) is 33.9 Å². The Hall–Kier alpha value is -5.58. The van der Waals surface area contributed by atoms with Crippen LogP contribution in [0.3, 0.4) is 0 Å². The topological polar surface area (TPSA) is 8.17 Å². The third-order valence-corrected chi connectivity index (χ3v) is 17.9. The van der Waals surface area contributed by atoms with Gasteiger partial charge in [-0.15, -0.1) is 11.3 Å². The molecule has 0 bridgehead atoms. The third kappa shape index (κ3) is 5.13. The highest BCUT2D eigenvalue weighted by molar-refractivity contribution is 7.27. The molecule has 0 radical (unpaired) electrons. The number of aromatic nitrogens is 1. The first-order valence-corrected chi connectivity index (χ1v) is 24.9. The Kier molecular flexibility index (Phi) is 7.61. The van der Waals surface area contributed by atoms with Gasteiger partial charge in [0.2, 0.25) is 0 Å². The van der Waals surface area contributed by atoms with E-state index in [4.69, 9.17) is 0 Å². The zero-order chi connectivity index (χ0) is 45.1. The van der Waals surface area contributed by atoms with Crippen LogP contribution in [0.5, 0.6) is 0 Å². The normalized spacial score (nSPS) is 17.4. The molecular formula is C61H59BN2S. The summed E-state index contributed by atoms with van der Waals surface area (Å²) >= 11 is 2.01. The smallest absolute Gasteiger partial charge is 0.333 e. The highest BCUT2D eigenvalue weighted by Gasteiger charge is 2.49. The summed E-state index contributed by atoms with van der Waals surface area (Å²) in [4.78, 5) is 2.79. The van der Waals surface area contributed by atoms with Crippen LogP contribution in [0, 0.1) is 0 Å². The molecule has 0 unspecified atom stereocenters. The zero-order valence-corrected chi connectivity index (χ0v) is 41.1. The van der Waals surface area contributed by atoms with Crippen molar-refractivity contribution in [2.24, 2.45) is 0 Å². The lowest BCUT2D eigenvalue weighted by molar-refractivity contribution is 0.332. The number of rotatable bonds is 1. The van der Waals surface area contributed by atoms with Crippen LogP contribution >= 0.6 is 11.3 Å². The van der Waals surface area contributed by atoms with E-state index in [1.807, 2.05) is 11.3 Å². The molecule has 0 fully saturated rings. The Labute approximate surface area is 389 Å². The molecule has 322 valence electrons. The van der Waals surface area contributed by atoms with E-state index in [2.05, 4.69) is 208 Å². The lowest BCUT2D eigenvalue weighted by Crippen LogP contribution is -2.61. The van der Waals surface area contributed by atoms with Crippen molar-refractivity contribution >= 4 is 82.5 Å². The van der Waals surface area contributed by atoms with E-state index >= 15 is 0 Å². The maximum absolute atomic E-state index is 2.79. The molecule has 4 heteroatoms. The van der Waals surface area contributed by atoms with Crippen LogP contribution in [-0.4, -0.2) is 11.4 Å². The molecule has 0 spiro atoms. The summed E-state index contributed by atoms with van der Waals surface area (Å²) in [5.74, 6) is 0. The molecule has 0 saturated carbocycles. The minimum Gasteiger partial charge on any atom is -0.376 e. The van der Waals surface area contributed by atoms with Gasteiger partial charge in [0.25, 0.3) is 0 Å². The first-order valence-electron chi connectivity index (χ1n) is 24.1. The molecule has 9 aromatic rings. The molecule has 13 rings (SSSR count). The summed E-state index contributed by atoms with van der Waals surface area (Å²) in [6.07, 6.45) is 2.35. The summed E-state index contributed by atoms with van der Waals surface area (Å²) in [7, 11) is 0. The van der Waals surface area contributed by atoms with Crippen molar-refractivity contribution in [3.63, 3.8) is 0 Å². The fraction of sp³-hybridized carbons (Fsp3) is 0.311. The van der Waals surface area contributed by atoms with Gasteiger partial charge in [-0.2, -0.15) is 0 Å². The van der Waals surface area contributed by atoms with Crippen molar-refractivity contribution in [1.29, 1.82) is 0 Å². The van der Waals surface area contributed by atoms with Crippen LogP contribution < -0.4 is 15.7 Å². The highest BCUT2D eigenvalue weighted by atomic mass is 32.1. The highest BCUT2D eigenvalue weighted by Crippen LogP contribution is 2.57. The lowest BCUT2D eigenvalue weighted by atomic mass is 9.43. The summed E-state index contributed by atoms with van der Waals surface area (Å²) in [5, 5.41) is 5.54. The molecule has 65 heavy (non-hydrogen) atoms. The van der Waals surface area contributed by atoms with Crippen molar-refractivity contribution in [2.45, 2.75) is 123 Å². The average molecular weight is 863 g/mol. The van der Waals surface area contributed by atoms with Gasteiger partial charge in [0.15, 0.2) is 0 Å². The Morgan fingerprint density at radius 2 is 1.22 bits per heavy atom. The lowest BCUT2D eigenvalue weighted by Gasteiger charge is -2.46. The molecule has 2 aromatic heterocycles. The molecule has 4 heterocycles. The fourth-order valence-corrected chi connectivity index (χ4v) is 14.2. The van der Waals surface area contributed by atoms with Crippen molar-refractivity contribution in [3.05, 3.63) is 149 Å². The van der Waals surface area contributed by atoms with Gasteiger partial charge >= 0.3 is 6.85 Å². The van der Waals surface area contributed by atoms with Crippen LogP contribution in [0.2, 0.25) is 0 Å². The second-order valence-electron chi connectivity index (χ2n) is 24.0. The molecule has 0 amide bonds. The first kappa shape index (κ1) is 39.8. The van der Waals surface area contributed by atoms with Gasteiger partial charge in [-0.05, 0) is 138 Å². The van der Waals surface area contributed by atoms with Gasteiger partial charge in [0.1, 0.15) is 0 Å². The van der Waals surface area contributed by atoms with E-state index in [0.717, 1.165) is 0 Å². The van der Waals surface area contributed by atoms with Crippen LogP contribution in [0.4, 0.5) is 11.4 Å². The minimum absolute atomic E-state index is 0.00197. The number of fused-ring (bicyclic) bond motifs is 17. The standard InChI is InChI=1S/C61H59BN2S/c1-57(2,3)34-21-24-36(25-22-34)64-48-33-45-44(59(7,8)27-28-60(45,9)10)30-41(48)53-54-55-51(52-38-18-14-16-20-50(38)65-56(52)53)40-29-35(58(4,5)6)23-26-47(40)63(55)49-31-39-37-17-13-15-19-42(37)61(11,12)43(39)32-46(49)62(54)64/h13-26,29-33H,27-28H2,1-12H3. The number of anilines is 2. The monoisotopic (exact) mass is 862 g/mol. The molecule has 2 aliphatic carbocycles. The number of hydrogen-bond acceptors (Lipinski definition) is 2. The minimum atomic E-state index is -0.143. The van der Waals surface area contributed by atoms with Crippen LogP contribution in [0.1, 0.15) is 129 Å². The second kappa shape index (κ2) is 12.4. The van der Waals surface area contributed by atoms with Gasteiger partial charge in [-0.1, -0.05) is 150 Å². The molecule has 4 aliphatic rings. The van der Waals surface area contributed by atoms with Gasteiger partial charge in [-0.25, -0.2) is 0 Å². The third-order valence-electron chi connectivity index (χ3n) is 16.7. The largest absolute Gasteiger partial charge is 0.376 e. The van der Waals surface area contributed by atoms with Crippen molar-refractivity contribution < 1.29 is 0 Å². The maximum Gasteiger partial charge on any atom is 0.333 e. The Morgan fingerprint density at radius 3 is 1.94 bits per heavy atom. The van der Waals surface area contributed by atoms with Gasteiger partial charge in [0, 0.05) is 64.5 Å². The van der Waals surface area contributed by atoms with Crippen molar-refractivity contribution in [3.8, 4) is 27.9 Å². The van der Waals surface area contributed by atoms with E-state index < -0.39 is 0 Å². The Balaban J connectivity index is 1.28. The molecule has 2 aliphatic heterocycles. The Morgan fingerprint density at radius 1 is 0.554 bits per heavy atom. The Bertz CT molecular complexity index is 3600. The number of benzene rings is 7. The molecule has 7 aromatic carbocycles. The van der Waals surface area contributed by atoms with Crippen molar-refractivity contribution in [2.75, 3.05) is 4.81 Å². The quantitative estimate of drug-likeness (QED) is 0.149. The fourth-order valence-electron chi connectivity index (χ4n) is 12.9. The number of nitrogens with zero attached hydrogens (tertiary/aromatic N) is 2. The summed E-state index contributed by atoms with van der Waals surface area (Å²) < 4.78 is 5.50. The van der Waals surface area contributed by atoms with E-state index in [1.54, 1.807) is 0 Å². The predicted octanol–water partition coefficient (Wildman–Crippen LogP) is 15.6. The van der Waals surface area contributed by atoms with E-state index in [9.17, 15) is 0 Å². The van der Waals surface area contributed by atoms with Gasteiger partial charge in [0.05, 0.1) is 11.0 Å². The summed E-state index contributed by atoms with van der Waals surface area (Å²) in [6, 6.07) is 46.1. The van der Waals surface area contributed by atoms with Crippen LogP contribution in [-0.2, 0) is 27.1 Å². The summed E-state index contributed by atoms with van der Waals surface area (Å²) in [6.45, 7) is 28.9. The molecule has 0 atom stereocenters. The van der Waals surface area contributed by atoms with E-state index in [0.29, 0.717) is 0 Å². The number of hydrogen-bond donors (Lipinski definition) is 0.